The second-order valence-corrected chi connectivity index (χ2v) is 6.08. The number of fused-ring (bicyclic) bond motifs is 1. The van der Waals surface area contributed by atoms with Gasteiger partial charge >= 0.3 is 0 Å². The minimum atomic E-state index is -0.216. The molecule has 1 N–H and O–H groups in total. The van der Waals surface area contributed by atoms with E-state index in [1.807, 2.05) is 61.5 Å². The summed E-state index contributed by atoms with van der Waals surface area (Å²) in [5.41, 5.74) is 2.95. The molecule has 134 valence electrons. The first-order valence-electron chi connectivity index (χ1n) is 8.67. The number of nitrogens with one attached hydrogen (secondary N) is 1. The number of aromatic nitrogens is 2. The number of amides is 1. The number of nitrogens with zero attached hydrogens (tertiary/aromatic N) is 2. The van der Waals surface area contributed by atoms with Crippen molar-refractivity contribution in [2.45, 2.75) is 19.5 Å². The van der Waals surface area contributed by atoms with E-state index in [-0.39, 0.29) is 11.9 Å². The Morgan fingerprint density at radius 2 is 1.92 bits per heavy atom. The standard InChI is InChI=1S/C21H23N3O2/c1-16(22-20(25)13-12-17-8-4-3-5-9-17)21-23-18-10-6-7-11-19(18)24(21)14-15-26-2/h3-13,16H,14-15H2,1-2H3,(H,22,25)/b13-12-. The first-order chi connectivity index (χ1) is 12.7. The molecule has 3 aromatic rings. The Morgan fingerprint density at radius 3 is 2.69 bits per heavy atom. The van der Waals surface area contributed by atoms with E-state index in [0.29, 0.717) is 13.2 Å². The molecule has 5 nitrogen and oxygen atoms in total. The van der Waals surface area contributed by atoms with Crippen molar-refractivity contribution >= 4 is 23.0 Å². The van der Waals surface area contributed by atoms with Gasteiger partial charge in [0, 0.05) is 19.7 Å². The normalized spacial score (nSPS) is 12.5. The van der Waals surface area contributed by atoms with Gasteiger partial charge in [0.25, 0.3) is 0 Å². The summed E-state index contributed by atoms with van der Waals surface area (Å²) >= 11 is 0. The summed E-state index contributed by atoms with van der Waals surface area (Å²) in [6, 6.07) is 17.5. The van der Waals surface area contributed by atoms with Crippen molar-refractivity contribution in [3.63, 3.8) is 0 Å². The molecule has 1 unspecified atom stereocenters. The fourth-order valence-corrected chi connectivity index (χ4v) is 2.90. The van der Waals surface area contributed by atoms with Crippen molar-refractivity contribution in [2.75, 3.05) is 13.7 Å². The number of methoxy groups -OCH3 is 1. The molecule has 0 saturated carbocycles. The lowest BCUT2D eigenvalue weighted by atomic mass is 10.2. The summed E-state index contributed by atoms with van der Waals surface area (Å²) in [4.78, 5) is 17.0. The molecule has 2 aromatic carbocycles. The number of hydrogen-bond acceptors (Lipinski definition) is 3. The average Bonchev–Trinajstić information content (AvgIpc) is 3.04. The van der Waals surface area contributed by atoms with Crippen LogP contribution in [0.3, 0.4) is 0 Å². The summed E-state index contributed by atoms with van der Waals surface area (Å²) in [7, 11) is 1.68. The van der Waals surface area contributed by atoms with Gasteiger partial charge in [-0.25, -0.2) is 4.98 Å². The lowest BCUT2D eigenvalue weighted by Crippen LogP contribution is -2.27. The Kier molecular flexibility index (Phi) is 5.81. The number of para-hydroxylation sites is 2. The van der Waals surface area contributed by atoms with Crippen LogP contribution in [0, 0.1) is 0 Å². The number of imidazole rings is 1. The van der Waals surface area contributed by atoms with Crippen LogP contribution in [0.5, 0.6) is 0 Å². The van der Waals surface area contributed by atoms with E-state index in [0.717, 1.165) is 22.4 Å². The monoisotopic (exact) mass is 349 g/mol. The molecule has 0 bridgehead atoms. The summed E-state index contributed by atoms with van der Waals surface area (Å²) < 4.78 is 7.32. The fourth-order valence-electron chi connectivity index (χ4n) is 2.90. The van der Waals surface area contributed by atoms with Crippen molar-refractivity contribution in [1.82, 2.24) is 14.9 Å². The molecule has 0 spiro atoms. The SMILES string of the molecule is COCCn1c(C(C)NC(=O)/C=C\c2ccccc2)nc2ccccc21. The summed E-state index contributed by atoms with van der Waals surface area (Å²) in [5.74, 6) is 0.677. The Hall–Kier alpha value is -2.92. The zero-order chi connectivity index (χ0) is 18.4. The van der Waals surface area contributed by atoms with E-state index in [9.17, 15) is 4.79 Å². The molecule has 1 heterocycles. The van der Waals surface area contributed by atoms with Gasteiger partial charge in [0.05, 0.1) is 23.7 Å². The first-order valence-corrected chi connectivity index (χ1v) is 8.67. The molecule has 5 heteroatoms. The number of rotatable bonds is 7. The lowest BCUT2D eigenvalue weighted by Gasteiger charge is -2.15. The number of carbonyl (C=O) groups excluding carboxylic acids is 1. The van der Waals surface area contributed by atoms with Gasteiger partial charge in [-0.3, -0.25) is 4.79 Å². The molecule has 0 fully saturated rings. The molecule has 1 atom stereocenters. The smallest absolute Gasteiger partial charge is 0.244 e. The molecule has 3 rings (SSSR count). The highest BCUT2D eigenvalue weighted by Gasteiger charge is 2.17. The minimum Gasteiger partial charge on any atom is -0.383 e. The van der Waals surface area contributed by atoms with Gasteiger partial charge in [-0.15, -0.1) is 0 Å². The van der Waals surface area contributed by atoms with E-state index >= 15 is 0 Å². The minimum absolute atomic E-state index is 0.147. The molecular formula is C21H23N3O2. The van der Waals surface area contributed by atoms with Crippen LogP contribution in [0.25, 0.3) is 17.1 Å². The zero-order valence-electron chi connectivity index (χ0n) is 15.1. The van der Waals surface area contributed by atoms with Crippen LogP contribution >= 0.6 is 0 Å². The van der Waals surface area contributed by atoms with E-state index in [4.69, 9.17) is 9.72 Å². The number of ether oxygens (including phenoxy) is 1. The second-order valence-electron chi connectivity index (χ2n) is 6.08. The van der Waals surface area contributed by atoms with Crippen LogP contribution in [0.2, 0.25) is 0 Å². The predicted octanol–water partition coefficient (Wildman–Crippen LogP) is 3.57. The van der Waals surface area contributed by atoms with Gasteiger partial charge in [-0.05, 0) is 30.7 Å². The van der Waals surface area contributed by atoms with E-state index < -0.39 is 0 Å². The van der Waals surface area contributed by atoms with Gasteiger partial charge in [-0.1, -0.05) is 42.5 Å². The van der Waals surface area contributed by atoms with Gasteiger partial charge < -0.3 is 14.6 Å². The van der Waals surface area contributed by atoms with Crippen LogP contribution in [0.4, 0.5) is 0 Å². The fraction of sp³-hybridized carbons (Fsp3) is 0.238. The first kappa shape index (κ1) is 17.9. The van der Waals surface area contributed by atoms with Crippen molar-refractivity contribution < 1.29 is 9.53 Å². The number of benzene rings is 2. The third-order valence-corrected chi connectivity index (χ3v) is 4.18. The molecule has 0 radical (unpaired) electrons. The van der Waals surface area contributed by atoms with Gasteiger partial charge in [-0.2, -0.15) is 0 Å². The van der Waals surface area contributed by atoms with Crippen LogP contribution in [0.1, 0.15) is 24.4 Å². The average molecular weight is 349 g/mol. The molecule has 0 aliphatic heterocycles. The number of carbonyl (C=O) groups is 1. The van der Waals surface area contributed by atoms with Crippen LogP contribution < -0.4 is 5.32 Å². The summed E-state index contributed by atoms with van der Waals surface area (Å²) in [5, 5.41) is 2.99. The quantitative estimate of drug-likeness (QED) is 0.664. The molecule has 26 heavy (non-hydrogen) atoms. The molecule has 1 aromatic heterocycles. The van der Waals surface area contributed by atoms with E-state index in [1.54, 1.807) is 19.3 Å². The highest BCUT2D eigenvalue weighted by Crippen LogP contribution is 2.20. The Morgan fingerprint density at radius 1 is 1.19 bits per heavy atom. The maximum Gasteiger partial charge on any atom is 0.244 e. The number of hydrogen-bond donors (Lipinski definition) is 1. The molecule has 1 amide bonds. The highest BCUT2D eigenvalue weighted by atomic mass is 16.5. The maximum absolute atomic E-state index is 12.3. The van der Waals surface area contributed by atoms with Crippen LogP contribution in [-0.4, -0.2) is 29.2 Å². The molecule has 0 saturated heterocycles. The molecule has 0 aliphatic carbocycles. The summed E-state index contributed by atoms with van der Waals surface area (Å²) in [6.45, 7) is 3.22. The Labute approximate surface area is 153 Å². The third kappa shape index (κ3) is 4.18. The Bertz CT molecular complexity index is 900. The maximum atomic E-state index is 12.3. The topological polar surface area (TPSA) is 56.1 Å². The Balaban J connectivity index is 1.77. The van der Waals surface area contributed by atoms with Crippen molar-refractivity contribution in [3.8, 4) is 0 Å². The molecule has 0 aliphatic rings. The molecular weight excluding hydrogens is 326 g/mol. The zero-order valence-corrected chi connectivity index (χ0v) is 15.1. The second kappa shape index (κ2) is 8.45. The van der Waals surface area contributed by atoms with E-state index in [2.05, 4.69) is 9.88 Å². The summed E-state index contributed by atoms with van der Waals surface area (Å²) in [6.07, 6.45) is 3.35. The van der Waals surface area contributed by atoms with Gasteiger partial charge in [0.15, 0.2) is 0 Å². The van der Waals surface area contributed by atoms with Crippen molar-refractivity contribution in [2.24, 2.45) is 0 Å². The van der Waals surface area contributed by atoms with Crippen LogP contribution in [0.15, 0.2) is 60.7 Å². The van der Waals surface area contributed by atoms with Gasteiger partial charge in [0.1, 0.15) is 5.82 Å². The highest BCUT2D eigenvalue weighted by molar-refractivity contribution is 5.92. The largest absolute Gasteiger partial charge is 0.383 e. The predicted molar refractivity (Wildman–Crippen MR) is 104 cm³/mol. The van der Waals surface area contributed by atoms with E-state index in [1.165, 1.54) is 0 Å². The van der Waals surface area contributed by atoms with Gasteiger partial charge in [0.2, 0.25) is 5.91 Å². The third-order valence-electron chi connectivity index (χ3n) is 4.18. The van der Waals surface area contributed by atoms with Crippen molar-refractivity contribution in [1.29, 1.82) is 0 Å². The van der Waals surface area contributed by atoms with Crippen LogP contribution in [-0.2, 0) is 16.1 Å². The van der Waals surface area contributed by atoms with Crippen molar-refractivity contribution in [3.05, 3.63) is 72.1 Å². The lowest BCUT2D eigenvalue weighted by molar-refractivity contribution is -0.117.